The Labute approximate surface area is 114 Å². The van der Waals surface area contributed by atoms with Gasteiger partial charge in [-0.2, -0.15) is 13.2 Å². The smallest absolute Gasteiger partial charge is 0.441 e. The van der Waals surface area contributed by atoms with Gasteiger partial charge in [0.15, 0.2) is 5.75 Å². The largest absolute Gasteiger partial charge is 0.489 e. The van der Waals surface area contributed by atoms with Crippen LogP contribution in [0.4, 0.5) is 18.9 Å². The third kappa shape index (κ3) is 5.27. The van der Waals surface area contributed by atoms with Crippen molar-refractivity contribution in [3.8, 4) is 5.75 Å². The first-order valence-electron chi connectivity index (χ1n) is 4.37. The van der Waals surface area contributed by atoms with Gasteiger partial charge in [-0.05, 0) is 39.8 Å². The highest BCUT2D eigenvalue weighted by molar-refractivity contribution is 9.10. The van der Waals surface area contributed by atoms with Crippen molar-refractivity contribution >= 4 is 45.0 Å². The molecule has 2 N–H and O–H groups in total. The molecule has 2 nitrogen and oxygen atoms in total. The number of alkyl halides is 3. The van der Waals surface area contributed by atoms with Gasteiger partial charge in [-0.25, -0.2) is 0 Å². The molecule has 1 rings (SSSR count). The van der Waals surface area contributed by atoms with Gasteiger partial charge in [0.2, 0.25) is 0 Å². The second-order valence-electron chi connectivity index (χ2n) is 2.95. The molecule has 0 aromatic heterocycles. The Morgan fingerprint density at radius 2 is 2.06 bits per heavy atom. The Morgan fingerprint density at radius 3 is 2.59 bits per heavy atom. The first kappa shape index (κ1) is 14.8. The standard InChI is InChI=1S/C9H8BrClF3NOS/c10-6-3-5(11)4-7(15)8(6)16-1-2-17-9(12,13)14/h3-4H,1-2,15H2. The summed E-state index contributed by atoms with van der Waals surface area (Å²) in [7, 11) is 0. The third-order valence-electron chi connectivity index (χ3n) is 1.63. The summed E-state index contributed by atoms with van der Waals surface area (Å²) in [5, 5.41) is 0.423. The number of nitrogen functional groups attached to an aromatic ring is 1. The molecule has 17 heavy (non-hydrogen) atoms. The molecule has 0 amide bonds. The maximum absolute atomic E-state index is 11.8. The van der Waals surface area contributed by atoms with Crippen LogP contribution >= 0.6 is 39.3 Å². The molecular formula is C9H8BrClF3NOS. The SMILES string of the molecule is Nc1cc(Cl)cc(Br)c1OCCSC(F)(F)F. The summed E-state index contributed by atoms with van der Waals surface area (Å²) < 4.78 is 41.2. The van der Waals surface area contributed by atoms with Crippen LogP contribution in [-0.2, 0) is 0 Å². The van der Waals surface area contributed by atoms with Crippen molar-refractivity contribution < 1.29 is 17.9 Å². The highest BCUT2D eigenvalue weighted by Crippen LogP contribution is 2.35. The van der Waals surface area contributed by atoms with Crippen LogP contribution in [0.1, 0.15) is 0 Å². The number of ether oxygens (including phenoxy) is 1. The van der Waals surface area contributed by atoms with E-state index in [4.69, 9.17) is 22.1 Å². The quantitative estimate of drug-likeness (QED) is 0.649. The van der Waals surface area contributed by atoms with Crippen LogP contribution < -0.4 is 10.5 Å². The molecular weight excluding hydrogens is 343 g/mol. The van der Waals surface area contributed by atoms with E-state index < -0.39 is 5.51 Å². The Morgan fingerprint density at radius 1 is 1.41 bits per heavy atom. The maximum Gasteiger partial charge on any atom is 0.441 e. The lowest BCUT2D eigenvalue weighted by molar-refractivity contribution is -0.0329. The molecule has 0 saturated carbocycles. The van der Waals surface area contributed by atoms with Gasteiger partial charge < -0.3 is 10.5 Å². The molecule has 0 fully saturated rings. The summed E-state index contributed by atoms with van der Waals surface area (Å²) in [6, 6.07) is 3.03. The van der Waals surface area contributed by atoms with Crippen LogP contribution in [-0.4, -0.2) is 17.9 Å². The minimum absolute atomic E-state index is 0.0887. The lowest BCUT2D eigenvalue weighted by Gasteiger charge is -2.11. The normalized spacial score (nSPS) is 11.6. The number of rotatable bonds is 4. The van der Waals surface area contributed by atoms with Crippen LogP contribution in [0.25, 0.3) is 0 Å². The maximum atomic E-state index is 11.8. The fourth-order valence-electron chi connectivity index (χ4n) is 1.03. The monoisotopic (exact) mass is 349 g/mol. The zero-order valence-electron chi connectivity index (χ0n) is 8.35. The Balaban J connectivity index is 2.53. The fourth-order valence-corrected chi connectivity index (χ4v) is 2.38. The molecule has 1 aromatic rings. The van der Waals surface area contributed by atoms with Gasteiger partial charge in [0.05, 0.1) is 16.8 Å². The summed E-state index contributed by atoms with van der Waals surface area (Å²) in [5.41, 5.74) is 1.66. The Hall–Kier alpha value is -0.270. The average molecular weight is 351 g/mol. The zero-order chi connectivity index (χ0) is 13.1. The van der Waals surface area contributed by atoms with Crippen molar-refractivity contribution in [2.24, 2.45) is 0 Å². The van der Waals surface area contributed by atoms with E-state index in [0.717, 1.165) is 0 Å². The minimum Gasteiger partial charge on any atom is -0.489 e. The van der Waals surface area contributed by atoms with Gasteiger partial charge >= 0.3 is 5.51 Å². The molecule has 0 spiro atoms. The molecule has 0 aliphatic carbocycles. The summed E-state index contributed by atoms with van der Waals surface area (Å²) in [5.74, 6) is 0.107. The molecule has 0 aliphatic heterocycles. The topological polar surface area (TPSA) is 35.2 Å². The van der Waals surface area contributed by atoms with E-state index in [1.165, 1.54) is 6.07 Å². The zero-order valence-corrected chi connectivity index (χ0v) is 11.5. The van der Waals surface area contributed by atoms with Gasteiger partial charge in [0, 0.05) is 10.8 Å². The van der Waals surface area contributed by atoms with Crippen molar-refractivity contribution in [1.29, 1.82) is 0 Å². The molecule has 1 aromatic carbocycles. The van der Waals surface area contributed by atoms with Crippen molar-refractivity contribution in [1.82, 2.24) is 0 Å². The van der Waals surface area contributed by atoms with Crippen molar-refractivity contribution in [3.05, 3.63) is 21.6 Å². The van der Waals surface area contributed by atoms with Gasteiger partial charge in [0.25, 0.3) is 0 Å². The van der Waals surface area contributed by atoms with Crippen LogP contribution in [0.15, 0.2) is 16.6 Å². The Bertz CT molecular complexity index is 379. The van der Waals surface area contributed by atoms with E-state index in [1.54, 1.807) is 6.07 Å². The Kier molecular flexibility index (Phi) is 5.27. The molecule has 0 aliphatic rings. The van der Waals surface area contributed by atoms with E-state index in [1.807, 2.05) is 0 Å². The molecule has 0 atom stereocenters. The summed E-state index contributed by atoms with van der Waals surface area (Å²) in [6.45, 7) is -0.0887. The van der Waals surface area contributed by atoms with Gasteiger partial charge in [-0.3, -0.25) is 0 Å². The number of hydrogen-bond acceptors (Lipinski definition) is 3. The van der Waals surface area contributed by atoms with Crippen molar-refractivity contribution in [2.45, 2.75) is 5.51 Å². The average Bonchev–Trinajstić information content (AvgIpc) is 2.13. The van der Waals surface area contributed by atoms with Crippen molar-refractivity contribution in [2.75, 3.05) is 18.1 Å². The molecule has 0 unspecified atom stereocenters. The summed E-state index contributed by atoms with van der Waals surface area (Å²) in [4.78, 5) is 0. The fraction of sp³-hybridized carbons (Fsp3) is 0.333. The summed E-state index contributed by atoms with van der Waals surface area (Å²) >= 11 is 8.76. The third-order valence-corrected chi connectivity index (χ3v) is 3.14. The second kappa shape index (κ2) is 6.06. The van der Waals surface area contributed by atoms with Gasteiger partial charge in [0.1, 0.15) is 0 Å². The van der Waals surface area contributed by atoms with Crippen LogP contribution in [0.5, 0.6) is 5.75 Å². The highest BCUT2D eigenvalue weighted by Gasteiger charge is 2.27. The molecule has 0 heterocycles. The molecule has 0 saturated heterocycles. The van der Waals surface area contributed by atoms with E-state index in [2.05, 4.69) is 15.9 Å². The predicted octanol–water partition coefficient (Wildman–Crippen LogP) is 4.32. The molecule has 0 radical (unpaired) electrons. The lowest BCUT2D eigenvalue weighted by Crippen LogP contribution is -2.08. The number of anilines is 1. The second-order valence-corrected chi connectivity index (χ2v) is 5.40. The van der Waals surface area contributed by atoms with Gasteiger partial charge in [-0.15, -0.1) is 0 Å². The summed E-state index contributed by atoms with van der Waals surface area (Å²) in [6.07, 6.45) is 0. The number of benzene rings is 1. The highest BCUT2D eigenvalue weighted by atomic mass is 79.9. The first-order valence-corrected chi connectivity index (χ1v) is 6.53. The van der Waals surface area contributed by atoms with E-state index in [0.29, 0.717) is 15.2 Å². The van der Waals surface area contributed by atoms with E-state index in [9.17, 15) is 13.2 Å². The minimum atomic E-state index is -4.24. The van der Waals surface area contributed by atoms with Crippen LogP contribution in [0, 0.1) is 0 Å². The predicted molar refractivity (Wildman–Crippen MR) is 67.6 cm³/mol. The number of halogens is 5. The van der Waals surface area contributed by atoms with E-state index in [-0.39, 0.29) is 29.8 Å². The molecule has 8 heteroatoms. The lowest BCUT2D eigenvalue weighted by atomic mass is 10.3. The van der Waals surface area contributed by atoms with Crippen LogP contribution in [0.2, 0.25) is 5.02 Å². The number of thioether (sulfide) groups is 1. The van der Waals surface area contributed by atoms with Gasteiger partial charge in [-0.1, -0.05) is 11.6 Å². The number of nitrogens with two attached hydrogens (primary N) is 1. The molecule has 96 valence electrons. The van der Waals surface area contributed by atoms with E-state index >= 15 is 0 Å². The van der Waals surface area contributed by atoms with Crippen LogP contribution in [0.3, 0.4) is 0 Å². The molecule has 0 bridgehead atoms. The number of hydrogen-bond donors (Lipinski definition) is 1. The van der Waals surface area contributed by atoms with Crippen molar-refractivity contribution in [3.63, 3.8) is 0 Å². The first-order chi connectivity index (χ1) is 7.79.